The fourth-order valence-corrected chi connectivity index (χ4v) is 1.20. The quantitative estimate of drug-likeness (QED) is 0.418. The first kappa shape index (κ1) is 14.2. The molecule has 0 spiro atoms. The number of hydrogen-bond donors (Lipinski definition) is 0. The molecule has 0 aliphatic heterocycles. The normalized spacial score (nSPS) is 11.1. The van der Waals surface area contributed by atoms with E-state index in [0.717, 1.165) is 38.4 Å². The van der Waals surface area contributed by atoms with Gasteiger partial charge in [-0.1, -0.05) is 13.8 Å². The van der Waals surface area contributed by atoms with Crippen LogP contribution >= 0.6 is 11.6 Å². The van der Waals surface area contributed by atoms with Gasteiger partial charge < -0.3 is 9.47 Å². The van der Waals surface area contributed by atoms with Gasteiger partial charge >= 0.3 is 0 Å². The minimum Gasteiger partial charge on any atom is -0.379 e. The molecule has 0 aliphatic rings. The van der Waals surface area contributed by atoms with Crippen LogP contribution in [0.5, 0.6) is 0 Å². The van der Waals surface area contributed by atoms with E-state index in [0.29, 0.717) is 19.1 Å². The van der Waals surface area contributed by atoms with Gasteiger partial charge in [-0.2, -0.15) is 0 Å². The summed E-state index contributed by atoms with van der Waals surface area (Å²) in [6.45, 7) is 7.39. The highest BCUT2D eigenvalue weighted by Gasteiger charge is 1.94. The third-order valence-corrected chi connectivity index (χ3v) is 2.01. The van der Waals surface area contributed by atoms with Gasteiger partial charge in [0, 0.05) is 19.1 Å². The second-order valence-electron chi connectivity index (χ2n) is 3.83. The summed E-state index contributed by atoms with van der Waals surface area (Å²) in [5, 5.41) is 0. The standard InChI is InChI=1S/C11H23ClO2/c1-11(2)10-14-9-8-13-7-5-3-4-6-12/h11H,3-10H2,1-2H3. The highest BCUT2D eigenvalue weighted by molar-refractivity contribution is 6.17. The van der Waals surface area contributed by atoms with Gasteiger partial charge in [-0.05, 0) is 25.2 Å². The van der Waals surface area contributed by atoms with Crippen LogP contribution in [-0.2, 0) is 9.47 Å². The Morgan fingerprint density at radius 1 is 0.929 bits per heavy atom. The Labute approximate surface area is 92.9 Å². The van der Waals surface area contributed by atoms with E-state index in [1.807, 2.05) is 0 Å². The molecule has 0 atom stereocenters. The summed E-state index contributed by atoms with van der Waals surface area (Å²) < 4.78 is 10.8. The largest absolute Gasteiger partial charge is 0.379 e. The summed E-state index contributed by atoms with van der Waals surface area (Å²) in [4.78, 5) is 0. The average Bonchev–Trinajstić information content (AvgIpc) is 2.15. The number of halogens is 1. The highest BCUT2D eigenvalue weighted by atomic mass is 35.5. The molecule has 2 nitrogen and oxygen atoms in total. The average molecular weight is 223 g/mol. The van der Waals surface area contributed by atoms with E-state index >= 15 is 0 Å². The number of rotatable bonds is 10. The smallest absolute Gasteiger partial charge is 0.0700 e. The van der Waals surface area contributed by atoms with Gasteiger partial charge in [0.1, 0.15) is 0 Å². The minimum absolute atomic E-state index is 0.610. The van der Waals surface area contributed by atoms with Crippen molar-refractivity contribution in [1.29, 1.82) is 0 Å². The molecule has 0 aromatic heterocycles. The van der Waals surface area contributed by atoms with Crippen molar-refractivity contribution >= 4 is 11.6 Å². The van der Waals surface area contributed by atoms with E-state index in [1.165, 1.54) is 0 Å². The van der Waals surface area contributed by atoms with Crippen LogP contribution in [0.4, 0.5) is 0 Å². The summed E-state index contributed by atoms with van der Waals surface area (Å²) in [6.07, 6.45) is 3.36. The Kier molecular flexibility index (Phi) is 11.5. The summed E-state index contributed by atoms with van der Waals surface area (Å²) in [5.74, 6) is 1.37. The number of ether oxygens (including phenoxy) is 2. The van der Waals surface area contributed by atoms with Crippen molar-refractivity contribution in [3.63, 3.8) is 0 Å². The number of unbranched alkanes of at least 4 members (excludes halogenated alkanes) is 2. The van der Waals surface area contributed by atoms with Crippen molar-refractivity contribution in [2.45, 2.75) is 33.1 Å². The van der Waals surface area contributed by atoms with Gasteiger partial charge in [0.2, 0.25) is 0 Å². The molecule has 0 bridgehead atoms. The molecule has 0 aromatic carbocycles. The Bertz CT molecular complexity index is 107. The summed E-state index contributed by atoms with van der Waals surface area (Å²) in [7, 11) is 0. The molecule has 0 aliphatic carbocycles. The molecule has 14 heavy (non-hydrogen) atoms. The lowest BCUT2D eigenvalue weighted by atomic mass is 10.2. The summed E-state index contributed by atoms with van der Waals surface area (Å²) in [6, 6.07) is 0. The fraction of sp³-hybridized carbons (Fsp3) is 1.00. The lowest BCUT2D eigenvalue weighted by Crippen LogP contribution is -2.09. The van der Waals surface area contributed by atoms with Crippen LogP contribution in [0.25, 0.3) is 0 Å². The Balaban J connectivity index is 2.85. The van der Waals surface area contributed by atoms with Crippen molar-refractivity contribution in [1.82, 2.24) is 0 Å². The van der Waals surface area contributed by atoms with Crippen LogP contribution in [0.3, 0.4) is 0 Å². The maximum absolute atomic E-state index is 5.55. The molecule has 86 valence electrons. The first-order valence-electron chi connectivity index (χ1n) is 5.48. The Morgan fingerprint density at radius 3 is 2.29 bits per heavy atom. The molecule has 3 heteroatoms. The van der Waals surface area contributed by atoms with E-state index in [9.17, 15) is 0 Å². The molecule has 0 saturated heterocycles. The lowest BCUT2D eigenvalue weighted by Gasteiger charge is -2.07. The molecular formula is C11H23ClO2. The number of alkyl halides is 1. The second kappa shape index (κ2) is 11.3. The van der Waals surface area contributed by atoms with E-state index in [4.69, 9.17) is 21.1 Å². The Hall–Kier alpha value is 0.210. The van der Waals surface area contributed by atoms with Crippen LogP contribution in [0, 0.1) is 5.92 Å². The van der Waals surface area contributed by atoms with Crippen molar-refractivity contribution in [3.05, 3.63) is 0 Å². The number of hydrogen-bond acceptors (Lipinski definition) is 2. The Morgan fingerprint density at radius 2 is 1.64 bits per heavy atom. The van der Waals surface area contributed by atoms with Gasteiger partial charge in [0.25, 0.3) is 0 Å². The maximum atomic E-state index is 5.55. The van der Waals surface area contributed by atoms with E-state index in [-0.39, 0.29) is 0 Å². The zero-order valence-corrected chi connectivity index (χ0v) is 10.2. The molecule has 0 N–H and O–H groups in total. The predicted molar refractivity (Wildman–Crippen MR) is 61.0 cm³/mol. The van der Waals surface area contributed by atoms with Gasteiger partial charge in [-0.15, -0.1) is 11.6 Å². The predicted octanol–water partition coefficient (Wildman–Crippen LogP) is 3.08. The molecule has 0 fully saturated rings. The maximum Gasteiger partial charge on any atom is 0.0700 e. The van der Waals surface area contributed by atoms with Gasteiger partial charge in [-0.25, -0.2) is 0 Å². The van der Waals surface area contributed by atoms with Crippen molar-refractivity contribution in [3.8, 4) is 0 Å². The zero-order chi connectivity index (χ0) is 10.6. The molecule has 0 saturated carbocycles. The SMILES string of the molecule is CC(C)COCCOCCCCCCl. The van der Waals surface area contributed by atoms with Gasteiger partial charge in [0.15, 0.2) is 0 Å². The summed E-state index contributed by atoms with van der Waals surface area (Å²) >= 11 is 5.55. The van der Waals surface area contributed by atoms with E-state index < -0.39 is 0 Å². The van der Waals surface area contributed by atoms with Crippen molar-refractivity contribution in [2.75, 3.05) is 32.3 Å². The molecule has 0 radical (unpaired) electrons. The topological polar surface area (TPSA) is 18.5 Å². The fourth-order valence-electron chi connectivity index (χ4n) is 1.01. The van der Waals surface area contributed by atoms with E-state index in [2.05, 4.69) is 13.8 Å². The molecule has 0 unspecified atom stereocenters. The van der Waals surface area contributed by atoms with Crippen LogP contribution in [0.1, 0.15) is 33.1 Å². The first-order valence-corrected chi connectivity index (χ1v) is 6.02. The molecule has 0 aromatic rings. The van der Waals surface area contributed by atoms with Crippen molar-refractivity contribution < 1.29 is 9.47 Å². The first-order chi connectivity index (χ1) is 6.77. The second-order valence-corrected chi connectivity index (χ2v) is 4.21. The zero-order valence-electron chi connectivity index (χ0n) is 9.43. The third-order valence-electron chi connectivity index (χ3n) is 1.75. The van der Waals surface area contributed by atoms with Crippen molar-refractivity contribution in [2.24, 2.45) is 5.92 Å². The third kappa shape index (κ3) is 12.2. The molecule has 0 amide bonds. The van der Waals surface area contributed by atoms with Crippen LogP contribution in [-0.4, -0.2) is 32.3 Å². The minimum atomic E-state index is 0.610. The van der Waals surface area contributed by atoms with Crippen LogP contribution < -0.4 is 0 Å². The van der Waals surface area contributed by atoms with Gasteiger partial charge in [-0.3, -0.25) is 0 Å². The van der Waals surface area contributed by atoms with Gasteiger partial charge in [0.05, 0.1) is 13.2 Å². The molecule has 0 heterocycles. The van der Waals surface area contributed by atoms with E-state index in [1.54, 1.807) is 0 Å². The van der Waals surface area contributed by atoms with Crippen LogP contribution in [0.15, 0.2) is 0 Å². The monoisotopic (exact) mass is 222 g/mol. The summed E-state index contributed by atoms with van der Waals surface area (Å²) in [5.41, 5.74) is 0. The lowest BCUT2D eigenvalue weighted by molar-refractivity contribution is 0.0367. The molecular weight excluding hydrogens is 200 g/mol. The highest BCUT2D eigenvalue weighted by Crippen LogP contribution is 1.97. The molecule has 0 rings (SSSR count). The van der Waals surface area contributed by atoms with Crippen LogP contribution in [0.2, 0.25) is 0 Å².